The number of hydrogen-bond donors (Lipinski definition) is 0. The molecule has 0 atom stereocenters. The highest BCUT2D eigenvalue weighted by molar-refractivity contribution is 6.28. The van der Waals surface area contributed by atoms with Crippen molar-refractivity contribution in [3.05, 3.63) is 11.6 Å². The zero-order valence-corrected chi connectivity index (χ0v) is 8.17. The first-order chi connectivity index (χ1) is 6.33. The van der Waals surface area contributed by atoms with Crippen LogP contribution in [0.1, 0.15) is 32.1 Å². The Morgan fingerprint density at radius 2 is 2.23 bits per heavy atom. The van der Waals surface area contributed by atoms with Crippen LogP contribution in [0.3, 0.4) is 0 Å². The minimum Gasteiger partial charge on any atom is -0.298 e. The van der Waals surface area contributed by atoms with Gasteiger partial charge >= 0.3 is 0 Å². The molecule has 0 spiro atoms. The van der Waals surface area contributed by atoms with E-state index in [0.29, 0.717) is 10.8 Å². The lowest BCUT2D eigenvalue weighted by molar-refractivity contribution is 0.187. The second-order valence-corrected chi connectivity index (χ2v) is 4.54. The van der Waals surface area contributed by atoms with Crippen molar-refractivity contribution in [3.8, 4) is 0 Å². The average Bonchev–Trinajstić information content (AvgIpc) is 2.65. The highest BCUT2D eigenvalue weighted by Gasteiger charge is 2.53. The van der Waals surface area contributed by atoms with E-state index in [2.05, 4.69) is 14.8 Å². The molecular weight excluding hydrogens is 186 g/mol. The van der Waals surface area contributed by atoms with E-state index in [1.54, 1.807) is 6.33 Å². The zero-order chi connectivity index (χ0) is 8.89. The molecule has 3 nitrogen and oxygen atoms in total. The van der Waals surface area contributed by atoms with Crippen LogP contribution >= 0.6 is 11.6 Å². The molecule has 2 aliphatic carbocycles. The third kappa shape index (κ3) is 0.966. The molecule has 70 valence electrons. The van der Waals surface area contributed by atoms with E-state index in [1.165, 1.54) is 32.1 Å². The molecule has 0 bridgehead atoms. The summed E-state index contributed by atoms with van der Waals surface area (Å²) in [5.41, 5.74) is 0.318. The van der Waals surface area contributed by atoms with E-state index < -0.39 is 0 Å². The van der Waals surface area contributed by atoms with Gasteiger partial charge in [0.15, 0.2) is 0 Å². The number of halogens is 1. The molecule has 4 heteroatoms. The summed E-state index contributed by atoms with van der Waals surface area (Å²) in [5.74, 6) is 0.834. The third-order valence-electron chi connectivity index (χ3n) is 3.61. The maximum Gasteiger partial charge on any atom is 0.225 e. The van der Waals surface area contributed by atoms with Gasteiger partial charge in [0.2, 0.25) is 5.28 Å². The van der Waals surface area contributed by atoms with Crippen molar-refractivity contribution in [1.29, 1.82) is 0 Å². The quantitative estimate of drug-likeness (QED) is 0.728. The Bertz CT molecular complexity index is 325. The Morgan fingerprint density at radius 1 is 1.46 bits per heavy atom. The summed E-state index contributed by atoms with van der Waals surface area (Å²) in [6.07, 6.45) is 8.40. The van der Waals surface area contributed by atoms with E-state index in [-0.39, 0.29) is 0 Å². The van der Waals surface area contributed by atoms with Crippen molar-refractivity contribution < 1.29 is 0 Å². The van der Waals surface area contributed by atoms with Crippen molar-refractivity contribution in [2.75, 3.05) is 0 Å². The van der Waals surface area contributed by atoms with Crippen molar-refractivity contribution in [2.45, 2.75) is 37.6 Å². The summed E-state index contributed by atoms with van der Waals surface area (Å²) >= 11 is 5.98. The summed E-state index contributed by atoms with van der Waals surface area (Å²) in [6, 6.07) is 0. The summed E-state index contributed by atoms with van der Waals surface area (Å²) < 4.78 is 2.08. The van der Waals surface area contributed by atoms with E-state index >= 15 is 0 Å². The average molecular weight is 198 g/mol. The van der Waals surface area contributed by atoms with Gasteiger partial charge in [-0.05, 0) is 43.2 Å². The normalized spacial score (nSPS) is 25.6. The lowest BCUT2D eigenvalue weighted by Crippen LogP contribution is -2.32. The van der Waals surface area contributed by atoms with Crippen LogP contribution in [0.25, 0.3) is 0 Å². The molecule has 0 amide bonds. The van der Waals surface area contributed by atoms with Crippen LogP contribution in [0.5, 0.6) is 0 Å². The largest absolute Gasteiger partial charge is 0.298 e. The van der Waals surface area contributed by atoms with Crippen LogP contribution < -0.4 is 0 Å². The van der Waals surface area contributed by atoms with Gasteiger partial charge in [-0.3, -0.25) is 4.57 Å². The maximum atomic E-state index is 5.98. The van der Waals surface area contributed by atoms with E-state index in [1.807, 2.05) is 0 Å². The number of nitrogens with zero attached hydrogens (tertiary/aromatic N) is 3. The fraction of sp³-hybridized carbons (Fsp3) is 0.778. The van der Waals surface area contributed by atoms with E-state index in [0.717, 1.165) is 5.92 Å². The molecule has 2 fully saturated rings. The fourth-order valence-electron chi connectivity index (χ4n) is 2.44. The van der Waals surface area contributed by atoms with E-state index in [4.69, 9.17) is 11.6 Å². The number of rotatable bonds is 2. The van der Waals surface area contributed by atoms with Crippen LogP contribution in [0.15, 0.2) is 6.33 Å². The minimum atomic E-state index is 0.318. The molecule has 1 aromatic heterocycles. The summed E-state index contributed by atoms with van der Waals surface area (Å²) in [5, 5.41) is 8.25. The molecule has 1 aromatic rings. The highest BCUT2D eigenvalue weighted by atomic mass is 35.5. The predicted octanol–water partition coefficient (Wildman–Crippen LogP) is 2.22. The lowest BCUT2D eigenvalue weighted by atomic mass is 9.78. The van der Waals surface area contributed by atoms with Crippen LogP contribution in [0.4, 0.5) is 0 Å². The fourth-order valence-corrected chi connectivity index (χ4v) is 2.69. The predicted molar refractivity (Wildman–Crippen MR) is 49.6 cm³/mol. The summed E-state index contributed by atoms with van der Waals surface area (Å²) in [4.78, 5) is 0. The molecule has 13 heavy (non-hydrogen) atoms. The smallest absolute Gasteiger partial charge is 0.225 e. The topological polar surface area (TPSA) is 30.7 Å². The Hall–Kier alpha value is -0.570. The molecule has 1 heterocycles. The second-order valence-electron chi connectivity index (χ2n) is 4.20. The standard InChI is InChI=1S/C9H12ClN3/c10-8-12-11-6-13(8)9(4-5-9)7-2-1-3-7/h6-7H,1-5H2. The monoisotopic (exact) mass is 197 g/mol. The zero-order valence-electron chi connectivity index (χ0n) is 7.41. The van der Waals surface area contributed by atoms with Gasteiger partial charge in [-0.2, -0.15) is 0 Å². The van der Waals surface area contributed by atoms with Gasteiger partial charge < -0.3 is 0 Å². The molecule has 3 rings (SSSR count). The molecule has 0 aromatic carbocycles. The highest BCUT2D eigenvalue weighted by Crippen LogP contribution is 2.57. The molecule has 0 unspecified atom stereocenters. The summed E-state index contributed by atoms with van der Waals surface area (Å²) in [6.45, 7) is 0. The molecule has 0 saturated heterocycles. The summed E-state index contributed by atoms with van der Waals surface area (Å²) in [7, 11) is 0. The van der Waals surface area contributed by atoms with Crippen molar-refractivity contribution >= 4 is 11.6 Å². The van der Waals surface area contributed by atoms with Crippen LogP contribution in [0.2, 0.25) is 5.28 Å². The van der Waals surface area contributed by atoms with Gasteiger partial charge in [0, 0.05) is 0 Å². The first-order valence-electron chi connectivity index (χ1n) is 4.89. The first kappa shape index (κ1) is 7.80. The Balaban J connectivity index is 1.95. The van der Waals surface area contributed by atoms with Gasteiger partial charge in [0.05, 0.1) is 5.54 Å². The van der Waals surface area contributed by atoms with Gasteiger partial charge in [0.25, 0.3) is 0 Å². The molecule has 0 aliphatic heterocycles. The van der Waals surface area contributed by atoms with E-state index in [9.17, 15) is 0 Å². The van der Waals surface area contributed by atoms with Crippen LogP contribution in [-0.4, -0.2) is 14.8 Å². The van der Waals surface area contributed by atoms with Gasteiger partial charge in [-0.1, -0.05) is 6.42 Å². The van der Waals surface area contributed by atoms with Crippen molar-refractivity contribution in [3.63, 3.8) is 0 Å². The maximum absolute atomic E-state index is 5.98. The van der Waals surface area contributed by atoms with Crippen LogP contribution in [0, 0.1) is 5.92 Å². The van der Waals surface area contributed by atoms with Gasteiger partial charge in [-0.15, -0.1) is 10.2 Å². The SMILES string of the molecule is Clc1nncn1C1(C2CCC2)CC1. The van der Waals surface area contributed by atoms with Crippen molar-refractivity contribution in [1.82, 2.24) is 14.8 Å². The first-order valence-corrected chi connectivity index (χ1v) is 5.27. The Kier molecular flexibility index (Phi) is 1.48. The molecule has 2 aliphatic rings. The van der Waals surface area contributed by atoms with Gasteiger partial charge in [0.1, 0.15) is 6.33 Å². The lowest BCUT2D eigenvalue weighted by Gasteiger charge is -2.34. The van der Waals surface area contributed by atoms with Crippen molar-refractivity contribution in [2.24, 2.45) is 5.92 Å². The molecule has 0 radical (unpaired) electrons. The molecule has 2 saturated carbocycles. The molecule has 0 N–H and O–H groups in total. The van der Waals surface area contributed by atoms with Gasteiger partial charge in [-0.25, -0.2) is 0 Å². The third-order valence-corrected chi connectivity index (χ3v) is 3.87. The Labute approximate surface area is 82.1 Å². The minimum absolute atomic E-state index is 0.318. The second kappa shape index (κ2) is 2.47. The molecular formula is C9H12ClN3. The number of aromatic nitrogens is 3. The Morgan fingerprint density at radius 3 is 2.62 bits per heavy atom. The number of hydrogen-bond acceptors (Lipinski definition) is 2. The van der Waals surface area contributed by atoms with Crippen LogP contribution in [-0.2, 0) is 5.54 Å².